The lowest BCUT2D eigenvalue weighted by molar-refractivity contribution is -0.132. The van der Waals surface area contributed by atoms with Crippen molar-refractivity contribution in [3.05, 3.63) is 46.9 Å². The van der Waals surface area contributed by atoms with Gasteiger partial charge in [-0.05, 0) is 37.1 Å². The Labute approximate surface area is 126 Å². The Hall–Kier alpha value is -2.41. The Bertz CT molecular complexity index is 670. The van der Waals surface area contributed by atoms with E-state index in [1.165, 1.54) is 18.2 Å². The van der Waals surface area contributed by atoms with E-state index in [9.17, 15) is 19.1 Å². The maximum atomic E-state index is 13.1. The molecular formula is C15H16FN3O3. The summed E-state index contributed by atoms with van der Waals surface area (Å²) in [6.45, 7) is 3.17. The summed E-state index contributed by atoms with van der Waals surface area (Å²) in [5.41, 5.74) is 1.39. The van der Waals surface area contributed by atoms with E-state index < -0.39 is 29.7 Å². The van der Waals surface area contributed by atoms with Gasteiger partial charge in [0.1, 0.15) is 11.7 Å². The van der Waals surface area contributed by atoms with Crippen molar-refractivity contribution in [3.8, 4) is 0 Å². The molecule has 22 heavy (non-hydrogen) atoms. The molecule has 0 aliphatic carbocycles. The SMILES string of the molecule is CC1=C(C)C(C(=O)NCC(O)c2cccc(F)c2)C(=O)N=N1. The molecule has 0 aromatic heterocycles. The summed E-state index contributed by atoms with van der Waals surface area (Å²) in [5.74, 6) is -2.70. The molecule has 2 rings (SSSR count). The molecule has 2 atom stereocenters. The average Bonchev–Trinajstić information content (AvgIpc) is 2.49. The highest BCUT2D eigenvalue weighted by Gasteiger charge is 2.32. The van der Waals surface area contributed by atoms with E-state index in [0.717, 1.165) is 0 Å². The summed E-state index contributed by atoms with van der Waals surface area (Å²) in [6, 6.07) is 5.47. The number of amides is 2. The van der Waals surface area contributed by atoms with Crippen molar-refractivity contribution < 1.29 is 19.1 Å². The first kappa shape index (κ1) is 16.0. The average molecular weight is 305 g/mol. The van der Waals surface area contributed by atoms with Crippen LogP contribution >= 0.6 is 0 Å². The highest BCUT2D eigenvalue weighted by Crippen LogP contribution is 2.23. The number of aliphatic hydroxyl groups is 1. The van der Waals surface area contributed by atoms with E-state index in [1.807, 2.05) is 0 Å². The summed E-state index contributed by atoms with van der Waals surface area (Å²) >= 11 is 0. The summed E-state index contributed by atoms with van der Waals surface area (Å²) in [4.78, 5) is 23.8. The molecule has 1 aromatic rings. The molecule has 116 valence electrons. The van der Waals surface area contributed by atoms with Crippen molar-refractivity contribution in [2.24, 2.45) is 16.1 Å². The van der Waals surface area contributed by atoms with E-state index in [2.05, 4.69) is 15.5 Å². The minimum atomic E-state index is -1.06. The number of nitrogens with one attached hydrogen (secondary N) is 1. The van der Waals surface area contributed by atoms with Crippen LogP contribution in [0.5, 0.6) is 0 Å². The number of rotatable bonds is 4. The summed E-state index contributed by atoms with van der Waals surface area (Å²) < 4.78 is 13.1. The zero-order chi connectivity index (χ0) is 16.3. The monoisotopic (exact) mass is 305 g/mol. The van der Waals surface area contributed by atoms with Crippen LogP contribution in [0.1, 0.15) is 25.5 Å². The molecule has 0 spiro atoms. The smallest absolute Gasteiger partial charge is 0.281 e. The van der Waals surface area contributed by atoms with E-state index in [4.69, 9.17) is 0 Å². The number of carbonyl (C=O) groups is 2. The van der Waals surface area contributed by atoms with Gasteiger partial charge >= 0.3 is 0 Å². The first-order chi connectivity index (χ1) is 10.4. The molecule has 1 aliphatic rings. The van der Waals surface area contributed by atoms with E-state index in [0.29, 0.717) is 16.8 Å². The molecule has 0 saturated carbocycles. The van der Waals surface area contributed by atoms with Crippen molar-refractivity contribution in [2.75, 3.05) is 6.54 Å². The predicted molar refractivity (Wildman–Crippen MR) is 76.1 cm³/mol. The van der Waals surface area contributed by atoms with Gasteiger partial charge < -0.3 is 10.4 Å². The van der Waals surface area contributed by atoms with Crippen molar-refractivity contribution >= 4 is 11.8 Å². The van der Waals surface area contributed by atoms with Crippen molar-refractivity contribution in [3.63, 3.8) is 0 Å². The minimum absolute atomic E-state index is 0.129. The third-order valence-electron chi connectivity index (χ3n) is 3.51. The molecule has 2 unspecified atom stereocenters. The Kier molecular flexibility index (Phi) is 4.77. The summed E-state index contributed by atoms with van der Waals surface area (Å²) in [7, 11) is 0. The second kappa shape index (κ2) is 6.57. The molecular weight excluding hydrogens is 289 g/mol. The molecule has 2 amide bonds. The Morgan fingerprint density at radius 1 is 1.41 bits per heavy atom. The molecule has 6 nitrogen and oxygen atoms in total. The molecule has 0 fully saturated rings. The largest absolute Gasteiger partial charge is 0.387 e. The second-order valence-electron chi connectivity index (χ2n) is 5.06. The molecule has 2 N–H and O–H groups in total. The first-order valence-corrected chi connectivity index (χ1v) is 6.74. The number of allylic oxidation sites excluding steroid dienone is 1. The van der Waals surface area contributed by atoms with Crippen molar-refractivity contribution in [1.29, 1.82) is 0 Å². The Morgan fingerprint density at radius 2 is 2.14 bits per heavy atom. The highest BCUT2D eigenvalue weighted by atomic mass is 19.1. The lowest BCUT2D eigenvalue weighted by Crippen LogP contribution is -2.38. The van der Waals surface area contributed by atoms with Gasteiger partial charge in [0.05, 0.1) is 11.8 Å². The van der Waals surface area contributed by atoms with E-state index in [1.54, 1.807) is 19.9 Å². The molecule has 0 saturated heterocycles. The van der Waals surface area contributed by atoms with Gasteiger partial charge in [-0.2, -0.15) is 5.11 Å². The van der Waals surface area contributed by atoms with E-state index in [-0.39, 0.29) is 6.54 Å². The number of benzene rings is 1. The highest BCUT2D eigenvalue weighted by molar-refractivity contribution is 6.04. The number of hydrogen-bond acceptors (Lipinski definition) is 4. The fourth-order valence-corrected chi connectivity index (χ4v) is 2.09. The zero-order valence-electron chi connectivity index (χ0n) is 12.2. The quantitative estimate of drug-likeness (QED) is 0.832. The summed E-state index contributed by atoms with van der Waals surface area (Å²) in [6.07, 6.45) is -1.06. The molecule has 7 heteroatoms. The van der Waals surface area contributed by atoms with Gasteiger partial charge in [-0.3, -0.25) is 9.59 Å². The first-order valence-electron chi connectivity index (χ1n) is 6.74. The standard InChI is InChI=1S/C15H16FN3O3/c1-8-9(2)18-19-15(22)13(8)14(21)17-7-12(20)10-4-3-5-11(16)6-10/h3-6,12-13,20H,7H2,1-2H3,(H,17,21). The van der Waals surface area contributed by atoms with Gasteiger partial charge in [0.2, 0.25) is 5.91 Å². The molecule has 0 radical (unpaired) electrons. The lowest BCUT2D eigenvalue weighted by atomic mass is 9.96. The number of azo groups is 1. The Morgan fingerprint density at radius 3 is 2.82 bits per heavy atom. The van der Waals surface area contributed by atoms with Gasteiger partial charge in [-0.15, -0.1) is 5.11 Å². The van der Waals surface area contributed by atoms with Crippen molar-refractivity contribution in [1.82, 2.24) is 5.32 Å². The third-order valence-corrected chi connectivity index (χ3v) is 3.51. The van der Waals surface area contributed by atoms with Crippen LogP contribution in [-0.4, -0.2) is 23.5 Å². The van der Waals surface area contributed by atoms with Crippen LogP contribution in [0.2, 0.25) is 0 Å². The van der Waals surface area contributed by atoms with Crippen LogP contribution < -0.4 is 5.32 Å². The Balaban J connectivity index is 2.01. The summed E-state index contributed by atoms with van der Waals surface area (Å²) in [5, 5.41) is 19.5. The van der Waals surface area contributed by atoms with Crippen LogP contribution in [0.15, 0.2) is 45.8 Å². The predicted octanol–water partition coefficient (Wildman–Crippen LogP) is 1.88. The third kappa shape index (κ3) is 3.43. The number of nitrogens with zero attached hydrogens (tertiary/aromatic N) is 2. The van der Waals surface area contributed by atoms with Gasteiger partial charge in [-0.1, -0.05) is 12.1 Å². The van der Waals surface area contributed by atoms with Gasteiger partial charge in [0.15, 0.2) is 0 Å². The molecule has 1 aromatic carbocycles. The number of hydrogen-bond donors (Lipinski definition) is 2. The van der Waals surface area contributed by atoms with E-state index >= 15 is 0 Å². The van der Waals surface area contributed by atoms with Crippen LogP contribution in [0, 0.1) is 11.7 Å². The lowest BCUT2D eigenvalue weighted by Gasteiger charge is -2.19. The number of aliphatic hydroxyl groups excluding tert-OH is 1. The molecule has 0 bridgehead atoms. The fraction of sp³-hybridized carbons (Fsp3) is 0.333. The number of halogens is 1. The van der Waals surface area contributed by atoms with Crippen LogP contribution in [0.4, 0.5) is 4.39 Å². The van der Waals surface area contributed by atoms with Crippen LogP contribution in [0.3, 0.4) is 0 Å². The fourth-order valence-electron chi connectivity index (χ4n) is 2.09. The maximum absolute atomic E-state index is 13.1. The van der Waals surface area contributed by atoms with Gasteiger partial charge in [0, 0.05) is 6.54 Å². The zero-order valence-corrected chi connectivity index (χ0v) is 12.2. The maximum Gasteiger partial charge on any atom is 0.281 e. The normalized spacial score (nSPS) is 19.3. The van der Waals surface area contributed by atoms with Crippen molar-refractivity contribution in [2.45, 2.75) is 20.0 Å². The molecule has 1 heterocycles. The van der Waals surface area contributed by atoms with Crippen LogP contribution in [-0.2, 0) is 9.59 Å². The topological polar surface area (TPSA) is 91.1 Å². The second-order valence-corrected chi connectivity index (χ2v) is 5.06. The van der Waals surface area contributed by atoms with Crippen LogP contribution in [0.25, 0.3) is 0 Å². The van der Waals surface area contributed by atoms with Gasteiger partial charge in [0.25, 0.3) is 5.91 Å². The molecule has 1 aliphatic heterocycles. The van der Waals surface area contributed by atoms with Gasteiger partial charge in [-0.25, -0.2) is 4.39 Å². The number of carbonyl (C=O) groups excluding carboxylic acids is 2. The minimum Gasteiger partial charge on any atom is -0.387 e.